The van der Waals surface area contributed by atoms with Crippen LogP contribution in [0.2, 0.25) is 0 Å². The summed E-state index contributed by atoms with van der Waals surface area (Å²) in [5, 5.41) is 0. The Bertz CT molecular complexity index is 641. The number of hydrogen-bond acceptors (Lipinski definition) is 5. The molecular formula is C13H11BrFNO4. The zero-order valence-electron chi connectivity index (χ0n) is 10.8. The van der Waals surface area contributed by atoms with Crippen LogP contribution < -0.4 is 0 Å². The summed E-state index contributed by atoms with van der Waals surface area (Å²) in [5.74, 6) is -1.31. The number of ether oxygens (including phenoxy) is 2. The molecule has 0 radical (unpaired) electrons. The standard InChI is InChI=1S/C13H11BrFNO4/c1-18-6-9-11(13(17)19-2)20-12(16-9)7-4-3-5-8(14)10(7)15/h3-5H,6H2,1-2H3. The number of oxazole rings is 1. The Morgan fingerprint density at radius 2 is 2.20 bits per heavy atom. The molecule has 0 aliphatic carbocycles. The van der Waals surface area contributed by atoms with Gasteiger partial charge in [-0.25, -0.2) is 14.2 Å². The van der Waals surface area contributed by atoms with E-state index in [9.17, 15) is 9.18 Å². The van der Waals surface area contributed by atoms with Gasteiger partial charge in [-0.15, -0.1) is 0 Å². The molecule has 0 atom stereocenters. The van der Waals surface area contributed by atoms with E-state index in [4.69, 9.17) is 9.15 Å². The highest BCUT2D eigenvalue weighted by atomic mass is 79.9. The topological polar surface area (TPSA) is 61.6 Å². The number of nitrogens with zero attached hydrogens (tertiary/aromatic N) is 1. The number of rotatable bonds is 4. The number of halogens is 2. The van der Waals surface area contributed by atoms with Crippen molar-refractivity contribution < 1.29 is 23.1 Å². The van der Waals surface area contributed by atoms with E-state index in [0.717, 1.165) is 0 Å². The van der Waals surface area contributed by atoms with Crippen molar-refractivity contribution in [2.24, 2.45) is 0 Å². The predicted octanol–water partition coefficient (Wildman–Crippen LogP) is 3.18. The summed E-state index contributed by atoms with van der Waals surface area (Å²) in [6.45, 7) is 0.0591. The Morgan fingerprint density at radius 1 is 1.45 bits per heavy atom. The van der Waals surface area contributed by atoms with Gasteiger partial charge in [0, 0.05) is 7.11 Å². The first-order chi connectivity index (χ1) is 9.58. The highest BCUT2D eigenvalue weighted by molar-refractivity contribution is 9.10. The molecule has 1 aromatic heterocycles. The highest BCUT2D eigenvalue weighted by Gasteiger charge is 2.23. The van der Waals surface area contributed by atoms with E-state index in [1.54, 1.807) is 12.1 Å². The van der Waals surface area contributed by atoms with Crippen LogP contribution in [-0.2, 0) is 16.1 Å². The fourth-order valence-corrected chi connectivity index (χ4v) is 1.99. The van der Waals surface area contributed by atoms with Crippen LogP contribution in [0.1, 0.15) is 16.2 Å². The number of methoxy groups -OCH3 is 2. The minimum absolute atomic E-state index is 0.00347. The van der Waals surface area contributed by atoms with Gasteiger partial charge >= 0.3 is 5.97 Å². The van der Waals surface area contributed by atoms with Gasteiger partial charge in [0.25, 0.3) is 0 Å². The van der Waals surface area contributed by atoms with Crippen LogP contribution in [0.25, 0.3) is 11.5 Å². The molecule has 7 heteroatoms. The number of carbonyl (C=O) groups is 1. The fraction of sp³-hybridized carbons (Fsp3) is 0.231. The van der Waals surface area contributed by atoms with E-state index in [-0.39, 0.29) is 34.0 Å². The summed E-state index contributed by atoms with van der Waals surface area (Å²) in [6, 6.07) is 4.70. The molecule has 0 saturated heterocycles. The van der Waals surface area contributed by atoms with Crippen LogP contribution >= 0.6 is 15.9 Å². The van der Waals surface area contributed by atoms with Gasteiger partial charge in [0.1, 0.15) is 11.5 Å². The normalized spacial score (nSPS) is 10.6. The number of carbonyl (C=O) groups excluding carboxylic acids is 1. The molecule has 20 heavy (non-hydrogen) atoms. The molecule has 0 saturated carbocycles. The first-order valence-corrected chi connectivity index (χ1v) is 6.39. The van der Waals surface area contributed by atoms with Crippen molar-refractivity contribution in [3.63, 3.8) is 0 Å². The zero-order chi connectivity index (χ0) is 14.7. The van der Waals surface area contributed by atoms with Crippen LogP contribution in [0.15, 0.2) is 27.1 Å². The second-order valence-electron chi connectivity index (χ2n) is 3.82. The second kappa shape index (κ2) is 6.15. The Balaban J connectivity index is 2.52. The maximum Gasteiger partial charge on any atom is 0.376 e. The van der Waals surface area contributed by atoms with Crippen LogP contribution in [0.3, 0.4) is 0 Å². The molecule has 0 amide bonds. The molecule has 0 bridgehead atoms. The van der Waals surface area contributed by atoms with Crippen molar-refractivity contribution in [2.75, 3.05) is 14.2 Å². The van der Waals surface area contributed by atoms with E-state index in [1.807, 2.05) is 0 Å². The Kier molecular flexibility index (Phi) is 4.51. The second-order valence-corrected chi connectivity index (χ2v) is 4.68. The summed E-state index contributed by atoms with van der Waals surface area (Å²) in [7, 11) is 2.68. The van der Waals surface area contributed by atoms with Crippen LogP contribution in [0.5, 0.6) is 0 Å². The molecule has 1 aromatic carbocycles. The Labute approximate surface area is 122 Å². The first-order valence-electron chi connectivity index (χ1n) is 5.59. The molecular weight excluding hydrogens is 333 g/mol. The van der Waals surface area contributed by atoms with E-state index >= 15 is 0 Å². The van der Waals surface area contributed by atoms with Crippen molar-refractivity contribution in [2.45, 2.75) is 6.61 Å². The van der Waals surface area contributed by atoms with Gasteiger partial charge in [0.15, 0.2) is 0 Å². The van der Waals surface area contributed by atoms with E-state index in [0.29, 0.717) is 0 Å². The van der Waals surface area contributed by atoms with Crippen molar-refractivity contribution >= 4 is 21.9 Å². The lowest BCUT2D eigenvalue weighted by Gasteiger charge is -1.99. The summed E-state index contributed by atoms with van der Waals surface area (Å²) < 4.78 is 29.1. The number of benzene rings is 1. The smallest absolute Gasteiger partial charge is 0.376 e. The van der Waals surface area contributed by atoms with Crippen molar-refractivity contribution in [3.8, 4) is 11.5 Å². The molecule has 0 spiro atoms. The minimum Gasteiger partial charge on any atom is -0.463 e. The molecule has 1 heterocycles. The van der Waals surface area contributed by atoms with Gasteiger partial charge in [-0.05, 0) is 28.1 Å². The summed E-state index contributed by atoms with van der Waals surface area (Å²) >= 11 is 3.08. The SMILES string of the molecule is COCc1nc(-c2cccc(Br)c2F)oc1C(=O)OC. The van der Waals surface area contributed by atoms with E-state index in [2.05, 4.69) is 25.7 Å². The zero-order valence-corrected chi connectivity index (χ0v) is 12.4. The maximum atomic E-state index is 14.0. The average Bonchev–Trinajstić information content (AvgIpc) is 2.85. The molecule has 0 N–H and O–H groups in total. The largest absolute Gasteiger partial charge is 0.463 e. The van der Waals surface area contributed by atoms with Gasteiger partial charge in [-0.3, -0.25) is 0 Å². The molecule has 106 valence electrons. The molecule has 2 rings (SSSR count). The predicted molar refractivity (Wildman–Crippen MR) is 71.6 cm³/mol. The third-order valence-electron chi connectivity index (χ3n) is 2.53. The van der Waals surface area contributed by atoms with Crippen molar-refractivity contribution in [1.82, 2.24) is 4.98 Å². The van der Waals surface area contributed by atoms with Crippen molar-refractivity contribution in [3.05, 3.63) is 39.9 Å². The van der Waals surface area contributed by atoms with Crippen LogP contribution in [-0.4, -0.2) is 25.2 Å². The molecule has 5 nitrogen and oxygen atoms in total. The molecule has 0 aliphatic rings. The van der Waals surface area contributed by atoms with E-state index < -0.39 is 11.8 Å². The lowest BCUT2D eigenvalue weighted by Crippen LogP contribution is -2.04. The van der Waals surface area contributed by atoms with Gasteiger partial charge in [-0.2, -0.15) is 0 Å². The first kappa shape index (κ1) is 14.7. The van der Waals surface area contributed by atoms with Gasteiger partial charge in [0.05, 0.1) is 23.8 Å². The minimum atomic E-state index is -0.689. The number of aromatic nitrogens is 1. The van der Waals surface area contributed by atoms with Gasteiger partial charge in [-0.1, -0.05) is 6.07 Å². The lowest BCUT2D eigenvalue weighted by molar-refractivity contribution is 0.0559. The van der Waals surface area contributed by atoms with Crippen LogP contribution in [0, 0.1) is 5.82 Å². The number of hydrogen-bond donors (Lipinski definition) is 0. The van der Waals surface area contributed by atoms with Gasteiger partial charge in [0.2, 0.25) is 11.7 Å². The Morgan fingerprint density at radius 3 is 2.85 bits per heavy atom. The summed E-state index contributed by atoms with van der Waals surface area (Å²) in [5.41, 5.74) is 0.403. The monoisotopic (exact) mass is 343 g/mol. The number of esters is 1. The van der Waals surface area contributed by atoms with Crippen molar-refractivity contribution in [1.29, 1.82) is 0 Å². The average molecular weight is 344 g/mol. The molecule has 0 aliphatic heterocycles. The highest BCUT2D eigenvalue weighted by Crippen LogP contribution is 2.29. The lowest BCUT2D eigenvalue weighted by atomic mass is 10.2. The third kappa shape index (κ3) is 2.73. The maximum absolute atomic E-state index is 14.0. The van der Waals surface area contributed by atoms with Crippen LogP contribution in [0.4, 0.5) is 4.39 Å². The molecule has 2 aromatic rings. The Hall–Kier alpha value is -1.73. The molecule has 0 fully saturated rings. The fourth-order valence-electron chi connectivity index (χ4n) is 1.62. The third-order valence-corrected chi connectivity index (χ3v) is 3.14. The summed E-state index contributed by atoms with van der Waals surface area (Å²) in [4.78, 5) is 15.7. The quantitative estimate of drug-likeness (QED) is 0.798. The summed E-state index contributed by atoms with van der Waals surface area (Å²) in [6.07, 6.45) is 0. The molecule has 0 unspecified atom stereocenters. The van der Waals surface area contributed by atoms with E-state index in [1.165, 1.54) is 20.3 Å². The van der Waals surface area contributed by atoms with Gasteiger partial charge < -0.3 is 13.9 Å².